The van der Waals surface area contributed by atoms with Gasteiger partial charge in [-0.1, -0.05) is 6.07 Å². The molecule has 1 amide bonds. The zero-order valence-electron chi connectivity index (χ0n) is 14.9. The summed E-state index contributed by atoms with van der Waals surface area (Å²) >= 11 is 0. The van der Waals surface area contributed by atoms with Gasteiger partial charge in [0, 0.05) is 24.5 Å². The fraction of sp³-hybridized carbons (Fsp3) is 0.350. The Kier molecular flexibility index (Phi) is 4.56. The molecular formula is C20H22N4O2. The largest absolute Gasteiger partial charge is 0.467 e. The van der Waals surface area contributed by atoms with E-state index in [1.807, 2.05) is 42.1 Å². The van der Waals surface area contributed by atoms with Crippen LogP contribution in [0.4, 0.5) is 0 Å². The van der Waals surface area contributed by atoms with Gasteiger partial charge in [-0.15, -0.1) is 0 Å². The van der Waals surface area contributed by atoms with Crippen LogP contribution in [0.15, 0.2) is 47.2 Å². The lowest BCUT2D eigenvalue weighted by atomic mass is 9.95. The van der Waals surface area contributed by atoms with Gasteiger partial charge in [0.2, 0.25) is 0 Å². The Morgan fingerprint density at radius 1 is 1.19 bits per heavy atom. The average molecular weight is 350 g/mol. The van der Waals surface area contributed by atoms with Crippen molar-refractivity contribution in [3.8, 4) is 0 Å². The molecule has 0 aromatic carbocycles. The number of hydrogen-bond donors (Lipinski definition) is 0. The molecular weight excluding hydrogens is 328 g/mol. The van der Waals surface area contributed by atoms with Crippen LogP contribution in [0.25, 0.3) is 0 Å². The number of hydrogen-bond acceptors (Lipinski definition) is 4. The Bertz CT molecular complexity index is 884. The van der Waals surface area contributed by atoms with Crippen LogP contribution in [0.1, 0.15) is 46.0 Å². The fourth-order valence-electron chi connectivity index (χ4n) is 3.57. The molecule has 6 heteroatoms. The predicted octanol–water partition coefficient (Wildman–Crippen LogP) is 3.13. The third-order valence-electron chi connectivity index (χ3n) is 4.86. The summed E-state index contributed by atoms with van der Waals surface area (Å²) in [5.74, 6) is 0.685. The Hall–Kier alpha value is -2.89. The van der Waals surface area contributed by atoms with Crippen molar-refractivity contribution in [2.45, 2.75) is 38.8 Å². The minimum Gasteiger partial charge on any atom is -0.467 e. The number of aromatic nitrogens is 3. The molecule has 6 nitrogen and oxygen atoms in total. The molecule has 0 unspecified atom stereocenters. The SMILES string of the molecule is Cn1nc(C(=O)N(Cc2ccccn2)Cc2ccco2)c2c1CCCC2. The maximum atomic E-state index is 13.3. The van der Waals surface area contributed by atoms with Gasteiger partial charge in [0.1, 0.15) is 5.76 Å². The summed E-state index contributed by atoms with van der Waals surface area (Å²) < 4.78 is 7.33. The minimum atomic E-state index is -0.0641. The molecule has 0 saturated heterocycles. The van der Waals surface area contributed by atoms with Gasteiger partial charge < -0.3 is 9.32 Å². The van der Waals surface area contributed by atoms with Crippen LogP contribution >= 0.6 is 0 Å². The maximum Gasteiger partial charge on any atom is 0.275 e. The first-order chi connectivity index (χ1) is 12.7. The van der Waals surface area contributed by atoms with Gasteiger partial charge in [0.05, 0.1) is 25.0 Å². The van der Waals surface area contributed by atoms with E-state index in [2.05, 4.69) is 10.1 Å². The van der Waals surface area contributed by atoms with E-state index in [9.17, 15) is 4.79 Å². The molecule has 0 radical (unpaired) electrons. The molecule has 1 aliphatic carbocycles. The summed E-state index contributed by atoms with van der Waals surface area (Å²) in [4.78, 5) is 19.5. The lowest BCUT2D eigenvalue weighted by Gasteiger charge is -2.21. The topological polar surface area (TPSA) is 64.2 Å². The van der Waals surface area contributed by atoms with Gasteiger partial charge in [0.25, 0.3) is 5.91 Å². The Labute approximate surface area is 152 Å². The van der Waals surface area contributed by atoms with E-state index in [0.29, 0.717) is 18.8 Å². The standard InChI is InChI=1S/C20H22N4O2/c1-23-18-10-3-2-9-17(18)19(22-23)20(25)24(14-16-8-6-12-26-16)13-15-7-4-5-11-21-15/h4-8,11-12H,2-3,9-10,13-14H2,1H3. The summed E-state index contributed by atoms with van der Waals surface area (Å²) in [6.07, 6.45) is 7.55. The van der Waals surface area contributed by atoms with Crippen molar-refractivity contribution in [3.05, 3.63) is 71.2 Å². The fourth-order valence-corrected chi connectivity index (χ4v) is 3.57. The van der Waals surface area contributed by atoms with Gasteiger partial charge in [0.15, 0.2) is 5.69 Å². The molecule has 0 fully saturated rings. The summed E-state index contributed by atoms with van der Waals surface area (Å²) in [6, 6.07) is 9.45. The number of carbonyl (C=O) groups excluding carboxylic acids is 1. The van der Waals surface area contributed by atoms with Crippen LogP contribution in [0.3, 0.4) is 0 Å². The maximum absolute atomic E-state index is 13.3. The smallest absolute Gasteiger partial charge is 0.275 e. The molecule has 0 atom stereocenters. The lowest BCUT2D eigenvalue weighted by Crippen LogP contribution is -2.31. The molecule has 0 spiro atoms. The monoisotopic (exact) mass is 350 g/mol. The first-order valence-corrected chi connectivity index (χ1v) is 8.98. The predicted molar refractivity (Wildman–Crippen MR) is 96.4 cm³/mol. The molecule has 1 aliphatic rings. The van der Waals surface area contributed by atoms with Gasteiger partial charge in [-0.2, -0.15) is 5.10 Å². The van der Waals surface area contributed by atoms with Gasteiger partial charge in [-0.3, -0.25) is 14.5 Å². The molecule has 0 saturated carbocycles. The van der Waals surface area contributed by atoms with Crippen LogP contribution in [0.5, 0.6) is 0 Å². The number of aryl methyl sites for hydroxylation is 1. The molecule has 3 aromatic heterocycles. The third-order valence-corrected chi connectivity index (χ3v) is 4.86. The molecule has 134 valence electrons. The van der Waals surface area contributed by atoms with Crippen molar-refractivity contribution in [2.75, 3.05) is 0 Å². The second kappa shape index (κ2) is 7.15. The van der Waals surface area contributed by atoms with E-state index in [-0.39, 0.29) is 5.91 Å². The number of nitrogens with zero attached hydrogens (tertiary/aromatic N) is 4. The van der Waals surface area contributed by atoms with Gasteiger partial charge in [-0.05, 0) is 49.9 Å². The van der Waals surface area contributed by atoms with Crippen LogP contribution in [-0.2, 0) is 33.0 Å². The Morgan fingerprint density at radius 3 is 2.85 bits per heavy atom. The molecule has 3 heterocycles. The van der Waals surface area contributed by atoms with Crippen molar-refractivity contribution in [2.24, 2.45) is 7.05 Å². The molecule has 3 aromatic rings. The van der Waals surface area contributed by atoms with E-state index in [1.165, 1.54) is 5.69 Å². The quantitative estimate of drug-likeness (QED) is 0.709. The van der Waals surface area contributed by atoms with E-state index >= 15 is 0 Å². The highest BCUT2D eigenvalue weighted by Crippen LogP contribution is 2.25. The Morgan fingerprint density at radius 2 is 2.08 bits per heavy atom. The third kappa shape index (κ3) is 3.27. The summed E-state index contributed by atoms with van der Waals surface area (Å²) in [5, 5.41) is 4.56. The van der Waals surface area contributed by atoms with Gasteiger partial charge in [-0.25, -0.2) is 0 Å². The van der Waals surface area contributed by atoms with Crippen molar-refractivity contribution in [1.82, 2.24) is 19.7 Å². The molecule has 0 bridgehead atoms. The highest BCUT2D eigenvalue weighted by Gasteiger charge is 2.28. The number of furan rings is 1. The van der Waals surface area contributed by atoms with Crippen molar-refractivity contribution < 1.29 is 9.21 Å². The number of fused-ring (bicyclic) bond motifs is 1. The van der Waals surface area contributed by atoms with Crippen LogP contribution in [0.2, 0.25) is 0 Å². The second-order valence-electron chi connectivity index (χ2n) is 6.67. The summed E-state index contributed by atoms with van der Waals surface area (Å²) in [5.41, 5.74) is 3.71. The summed E-state index contributed by atoms with van der Waals surface area (Å²) in [7, 11) is 1.93. The number of rotatable bonds is 5. The van der Waals surface area contributed by atoms with Crippen LogP contribution in [0, 0.1) is 0 Å². The molecule has 0 aliphatic heterocycles. The van der Waals surface area contributed by atoms with Crippen molar-refractivity contribution >= 4 is 5.91 Å². The van der Waals surface area contributed by atoms with Crippen molar-refractivity contribution in [1.29, 1.82) is 0 Å². The number of carbonyl (C=O) groups is 1. The first-order valence-electron chi connectivity index (χ1n) is 8.98. The van der Waals surface area contributed by atoms with Crippen molar-refractivity contribution in [3.63, 3.8) is 0 Å². The molecule has 4 rings (SSSR count). The van der Waals surface area contributed by atoms with E-state index < -0.39 is 0 Å². The number of pyridine rings is 1. The summed E-state index contributed by atoms with van der Waals surface area (Å²) in [6.45, 7) is 0.819. The first kappa shape index (κ1) is 16.6. The normalized spacial score (nSPS) is 13.4. The highest BCUT2D eigenvalue weighted by molar-refractivity contribution is 5.94. The lowest BCUT2D eigenvalue weighted by molar-refractivity contribution is 0.0707. The van der Waals surface area contributed by atoms with Crippen LogP contribution < -0.4 is 0 Å². The van der Waals surface area contributed by atoms with Gasteiger partial charge >= 0.3 is 0 Å². The molecule has 0 N–H and O–H groups in total. The van der Waals surface area contributed by atoms with E-state index in [4.69, 9.17) is 4.42 Å². The average Bonchev–Trinajstić information content (AvgIpc) is 3.30. The minimum absolute atomic E-state index is 0.0641. The second-order valence-corrected chi connectivity index (χ2v) is 6.67. The Balaban J connectivity index is 1.65. The van der Waals surface area contributed by atoms with Crippen LogP contribution in [-0.4, -0.2) is 25.6 Å². The van der Waals surface area contributed by atoms with E-state index in [1.54, 1.807) is 17.4 Å². The zero-order valence-corrected chi connectivity index (χ0v) is 14.9. The zero-order chi connectivity index (χ0) is 17.9. The highest BCUT2D eigenvalue weighted by atomic mass is 16.3. The van der Waals surface area contributed by atoms with E-state index in [0.717, 1.165) is 42.7 Å². The molecule has 26 heavy (non-hydrogen) atoms. The number of amides is 1.